The summed E-state index contributed by atoms with van der Waals surface area (Å²) < 4.78 is 10.8. The molecule has 1 aliphatic rings. The highest BCUT2D eigenvalue weighted by Gasteiger charge is 2.21. The van der Waals surface area contributed by atoms with Crippen LogP contribution in [0.25, 0.3) is 0 Å². The van der Waals surface area contributed by atoms with E-state index in [4.69, 9.17) is 9.15 Å². The van der Waals surface area contributed by atoms with Gasteiger partial charge in [-0.1, -0.05) is 12.1 Å². The summed E-state index contributed by atoms with van der Waals surface area (Å²) in [6, 6.07) is 11.1. The van der Waals surface area contributed by atoms with E-state index in [2.05, 4.69) is 20.5 Å². The van der Waals surface area contributed by atoms with Gasteiger partial charge in [0, 0.05) is 39.0 Å². The smallest absolute Gasteiger partial charge is 0.291 e. The number of halogens is 1. The zero-order valence-electron chi connectivity index (χ0n) is 16.9. The van der Waals surface area contributed by atoms with Gasteiger partial charge < -0.3 is 24.7 Å². The highest BCUT2D eigenvalue weighted by Crippen LogP contribution is 2.15. The number of ether oxygens (including phenoxy) is 1. The minimum absolute atomic E-state index is 0. The molecule has 2 aromatic rings. The van der Waals surface area contributed by atoms with Gasteiger partial charge in [-0.05, 0) is 49.6 Å². The van der Waals surface area contributed by atoms with Gasteiger partial charge >= 0.3 is 0 Å². The largest absolute Gasteiger partial charge is 0.459 e. The highest BCUT2D eigenvalue weighted by molar-refractivity contribution is 14.0. The number of hydrogen-bond acceptors (Lipinski definition) is 4. The van der Waals surface area contributed by atoms with Crippen LogP contribution in [0.15, 0.2) is 52.1 Å². The fourth-order valence-corrected chi connectivity index (χ4v) is 3.29. The first kappa shape index (κ1) is 23.2. The Bertz CT molecular complexity index is 770. The average molecular weight is 512 g/mol. The molecule has 7 nitrogen and oxygen atoms in total. The monoisotopic (exact) mass is 512 g/mol. The number of benzene rings is 1. The molecule has 0 radical (unpaired) electrons. The Morgan fingerprint density at radius 2 is 1.97 bits per heavy atom. The van der Waals surface area contributed by atoms with Crippen LogP contribution in [0.3, 0.4) is 0 Å². The van der Waals surface area contributed by atoms with E-state index >= 15 is 0 Å². The molecule has 29 heavy (non-hydrogen) atoms. The number of nitrogens with one attached hydrogen (secondary N) is 2. The molecule has 1 fully saturated rings. The Kier molecular flexibility index (Phi) is 9.46. The first-order valence-corrected chi connectivity index (χ1v) is 9.70. The SMILES string of the molecule is CCOC1CCN(C(=NC)NCc2ccc(NC(=O)c3ccco3)cc2)CC1.I. The molecule has 1 aromatic carbocycles. The van der Waals surface area contributed by atoms with Crippen molar-refractivity contribution < 1.29 is 13.9 Å². The Morgan fingerprint density at radius 3 is 2.55 bits per heavy atom. The summed E-state index contributed by atoms with van der Waals surface area (Å²) in [7, 11) is 1.81. The topological polar surface area (TPSA) is 79.1 Å². The molecule has 2 N–H and O–H groups in total. The van der Waals surface area contributed by atoms with Gasteiger partial charge in [0.2, 0.25) is 0 Å². The lowest BCUT2D eigenvalue weighted by Crippen LogP contribution is -2.46. The standard InChI is InChI=1S/C21H28N4O3.HI/c1-3-27-18-10-12-25(13-11-18)21(22-2)23-15-16-6-8-17(9-7-16)24-20(26)19-5-4-14-28-19;/h4-9,14,18H,3,10-13,15H2,1-2H3,(H,22,23)(H,24,26);1H. The minimum atomic E-state index is -0.258. The summed E-state index contributed by atoms with van der Waals surface area (Å²) in [6.45, 7) is 5.38. The summed E-state index contributed by atoms with van der Waals surface area (Å²) in [6.07, 6.45) is 3.90. The van der Waals surface area contributed by atoms with Crippen molar-refractivity contribution >= 4 is 41.5 Å². The number of guanidine groups is 1. The van der Waals surface area contributed by atoms with Crippen molar-refractivity contribution in [2.45, 2.75) is 32.4 Å². The Balaban J connectivity index is 0.00000300. The Hall–Kier alpha value is -2.07. The third kappa shape index (κ3) is 6.74. The lowest BCUT2D eigenvalue weighted by atomic mass is 10.1. The molecule has 1 amide bonds. The maximum Gasteiger partial charge on any atom is 0.291 e. The van der Waals surface area contributed by atoms with Crippen molar-refractivity contribution in [3.8, 4) is 0 Å². The van der Waals surface area contributed by atoms with Crippen LogP contribution in [0.2, 0.25) is 0 Å². The number of likely N-dealkylation sites (tertiary alicyclic amines) is 1. The number of carbonyl (C=O) groups is 1. The first-order chi connectivity index (χ1) is 13.7. The van der Waals surface area contributed by atoms with Crippen LogP contribution in [0, 0.1) is 0 Å². The first-order valence-electron chi connectivity index (χ1n) is 9.70. The molecule has 1 aliphatic heterocycles. The molecule has 1 aromatic heterocycles. The summed E-state index contributed by atoms with van der Waals surface area (Å²) in [4.78, 5) is 18.7. The van der Waals surface area contributed by atoms with Crippen LogP contribution < -0.4 is 10.6 Å². The van der Waals surface area contributed by atoms with Crippen molar-refractivity contribution in [2.24, 2.45) is 4.99 Å². The fourth-order valence-electron chi connectivity index (χ4n) is 3.29. The van der Waals surface area contributed by atoms with E-state index in [1.807, 2.05) is 38.2 Å². The van der Waals surface area contributed by atoms with Gasteiger partial charge in [-0.15, -0.1) is 24.0 Å². The second kappa shape index (κ2) is 11.8. The van der Waals surface area contributed by atoms with Crippen LogP contribution >= 0.6 is 24.0 Å². The molecule has 0 atom stereocenters. The number of furan rings is 1. The number of hydrogen-bond donors (Lipinski definition) is 2. The molecule has 0 bridgehead atoms. The molecule has 3 rings (SSSR count). The zero-order chi connectivity index (χ0) is 19.8. The van der Waals surface area contributed by atoms with Gasteiger partial charge in [-0.25, -0.2) is 0 Å². The number of amides is 1. The summed E-state index contributed by atoms with van der Waals surface area (Å²) in [5, 5.41) is 6.23. The lowest BCUT2D eigenvalue weighted by Gasteiger charge is -2.34. The van der Waals surface area contributed by atoms with Crippen LogP contribution in [0.1, 0.15) is 35.9 Å². The highest BCUT2D eigenvalue weighted by atomic mass is 127. The van der Waals surface area contributed by atoms with E-state index < -0.39 is 0 Å². The molecule has 0 aliphatic carbocycles. The van der Waals surface area contributed by atoms with Crippen LogP contribution in [0.5, 0.6) is 0 Å². The molecule has 1 saturated heterocycles. The second-order valence-electron chi connectivity index (χ2n) is 6.67. The van der Waals surface area contributed by atoms with E-state index in [9.17, 15) is 4.79 Å². The summed E-state index contributed by atoms with van der Waals surface area (Å²) in [5.74, 6) is 0.944. The van der Waals surface area contributed by atoms with E-state index in [1.165, 1.54) is 6.26 Å². The molecule has 2 heterocycles. The molecule has 8 heteroatoms. The summed E-state index contributed by atoms with van der Waals surface area (Å²) >= 11 is 0. The fraction of sp³-hybridized carbons (Fsp3) is 0.429. The lowest BCUT2D eigenvalue weighted by molar-refractivity contribution is 0.0263. The zero-order valence-corrected chi connectivity index (χ0v) is 19.2. The maximum absolute atomic E-state index is 12.0. The number of rotatable bonds is 6. The molecule has 158 valence electrons. The van der Waals surface area contributed by atoms with Gasteiger partial charge in [0.1, 0.15) is 0 Å². The predicted molar refractivity (Wildman–Crippen MR) is 125 cm³/mol. The van der Waals surface area contributed by atoms with E-state index in [0.717, 1.165) is 49.7 Å². The predicted octanol–water partition coefficient (Wildman–Crippen LogP) is 3.73. The Labute approximate surface area is 188 Å². The summed E-state index contributed by atoms with van der Waals surface area (Å²) in [5.41, 5.74) is 1.84. The minimum Gasteiger partial charge on any atom is -0.459 e. The molecule has 0 spiro atoms. The molecule has 0 unspecified atom stereocenters. The Morgan fingerprint density at radius 1 is 1.24 bits per heavy atom. The van der Waals surface area contributed by atoms with Gasteiger partial charge in [0.05, 0.1) is 12.4 Å². The van der Waals surface area contributed by atoms with Crippen molar-refractivity contribution in [1.82, 2.24) is 10.2 Å². The number of anilines is 1. The van der Waals surface area contributed by atoms with E-state index in [1.54, 1.807) is 12.1 Å². The normalized spacial score (nSPS) is 15.0. The van der Waals surface area contributed by atoms with Crippen molar-refractivity contribution in [2.75, 3.05) is 32.1 Å². The molecular weight excluding hydrogens is 483 g/mol. The third-order valence-electron chi connectivity index (χ3n) is 4.76. The van der Waals surface area contributed by atoms with Crippen LogP contribution in [0.4, 0.5) is 5.69 Å². The number of aliphatic imine (C=N–C) groups is 1. The molecular formula is C21H29IN4O3. The number of piperidine rings is 1. The number of nitrogens with zero attached hydrogens (tertiary/aromatic N) is 2. The van der Waals surface area contributed by atoms with Gasteiger partial charge in [0.15, 0.2) is 11.7 Å². The number of carbonyl (C=O) groups excluding carboxylic acids is 1. The van der Waals surface area contributed by atoms with Crippen molar-refractivity contribution in [3.05, 3.63) is 54.0 Å². The quantitative estimate of drug-likeness (QED) is 0.351. The third-order valence-corrected chi connectivity index (χ3v) is 4.76. The second-order valence-corrected chi connectivity index (χ2v) is 6.67. The van der Waals surface area contributed by atoms with E-state index in [-0.39, 0.29) is 29.9 Å². The van der Waals surface area contributed by atoms with Crippen LogP contribution in [-0.2, 0) is 11.3 Å². The van der Waals surface area contributed by atoms with Gasteiger partial charge in [-0.3, -0.25) is 9.79 Å². The van der Waals surface area contributed by atoms with Crippen LogP contribution in [-0.4, -0.2) is 49.6 Å². The molecule has 0 saturated carbocycles. The van der Waals surface area contributed by atoms with E-state index in [0.29, 0.717) is 18.4 Å². The maximum atomic E-state index is 12.0. The van der Waals surface area contributed by atoms with Gasteiger partial charge in [0.25, 0.3) is 5.91 Å². The van der Waals surface area contributed by atoms with Crippen molar-refractivity contribution in [3.63, 3.8) is 0 Å². The van der Waals surface area contributed by atoms with Crippen molar-refractivity contribution in [1.29, 1.82) is 0 Å². The average Bonchev–Trinajstić information content (AvgIpc) is 3.26. The van der Waals surface area contributed by atoms with Gasteiger partial charge in [-0.2, -0.15) is 0 Å².